The lowest BCUT2D eigenvalue weighted by atomic mass is 9.80. The molecule has 0 bridgehead atoms. The van der Waals surface area contributed by atoms with E-state index in [4.69, 9.17) is 4.42 Å². The third-order valence-electron chi connectivity index (χ3n) is 2.84. The summed E-state index contributed by atoms with van der Waals surface area (Å²) in [6.07, 6.45) is 2.06. The number of halogens is 1. The van der Waals surface area contributed by atoms with Crippen molar-refractivity contribution >= 4 is 0 Å². The quantitative estimate of drug-likeness (QED) is 0.808. The van der Waals surface area contributed by atoms with E-state index in [2.05, 4.69) is 6.07 Å². The highest BCUT2D eigenvalue weighted by molar-refractivity contribution is 5.33. The summed E-state index contributed by atoms with van der Waals surface area (Å²) in [5.74, 6) is 0.449. The normalized spacial score (nSPS) is 13.9. The summed E-state index contributed by atoms with van der Waals surface area (Å²) in [5, 5.41) is 9.32. The number of furan rings is 1. The van der Waals surface area contributed by atoms with Crippen LogP contribution in [0.2, 0.25) is 0 Å². The summed E-state index contributed by atoms with van der Waals surface area (Å²) in [6.45, 7) is 1.82. The van der Waals surface area contributed by atoms with Gasteiger partial charge in [-0.05, 0) is 36.8 Å². The van der Waals surface area contributed by atoms with E-state index in [1.807, 2.05) is 13.0 Å². The molecule has 0 radical (unpaired) electrons. The van der Waals surface area contributed by atoms with Crippen molar-refractivity contribution in [3.8, 4) is 6.07 Å². The number of nitriles is 1. The molecule has 0 aliphatic rings. The Morgan fingerprint density at radius 1 is 1.29 bits per heavy atom. The van der Waals surface area contributed by atoms with Gasteiger partial charge in [0.15, 0.2) is 0 Å². The van der Waals surface area contributed by atoms with E-state index in [1.54, 1.807) is 24.5 Å². The van der Waals surface area contributed by atoms with Crippen LogP contribution in [-0.4, -0.2) is 0 Å². The highest BCUT2D eigenvalue weighted by Crippen LogP contribution is 2.27. The number of benzene rings is 1. The molecule has 1 unspecified atom stereocenters. The first-order valence-corrected chi connectivity index (χ1v) is 5.34. The predicted molar refractivity (Wildman–Crippen MR) is 61.8 cm³/mol. The van der Waals surface area contributed by atoms with Gasteiger partial charge in [0.1, 0.15) is 11.6 Å². The van der Waals surface area contributed by atoms with Gasteiger partial charge in [-0.1, -0.05) is 12.1 Å². The molecule has 2 nitrogen and oxygen atoms in total. The maximum absolute atomic E-state index is 12.9. The smallest absolute Gasteiger partial charge is 0.123 e. The molecular weight excluding hydrogens is 217 g/mol. The zero-order valence-electron chi connectivity index (χ0n) is 9.48. The molecule has 86 valence electrons. The van der Waals surface area contributed by atoms with Gasteiger partial charge in [0.05, 0.1) is 17.7 Å². The first-order chi connectivity index (χ1) is 8.14. The van der Waals surface area contributed by atoms with Gasteiger partial charge in [-0.15, -0.1) is 0 Å². The highest BCUT2D eigenvalue weighted by atomic mass is 19.1. The number of hydrogen-bond donors (Lipinski definition) is 0. The van der Waals surface area contributed by atoms with Crippen molar-refractivity contribution < 1.29 is 8.81 Å². The minimum Gasteiger partial charge on any atom is -0.469 e. The Labute approximate surface area is 99.3 Å². The first-order valence-electron chi connectivity index (χ1n) is 5.34. The van der Waals surface area contributed by atoms with Gasteiger partial charge in [0.2, 0.25) is 0 Å². The molecule has 0 amide bonds. The zero-order valence-corrected chi connectivity index (χ0v) is 9.48. The number of hydrogen-bond acceptors (Lipinski definition) is 2. The Balaban J connectivity index is 2.31. The third-order valence-corrected chi connectivity index (χ3v) is 2.84. The van der Waals surface area contributed by atoms with Crippen LogP contribution >= 0.6 is 0 Å². The van der Waals surface area contributed by atoms with E-state index in [1.165, 1.54) is 12.1 Å². The van der Waals surface area contributed by atoms with Gasteiger partial charge in [-0.2, -0.15) is 5.26 Å². The fraction of sp³-hybridized carbons (Fsp3) is 0.214. The van der Waals surface area contributed by atoms with E-state index >= 15 is 0 Å². The predicted octanol–water partition coefficient (Wildman–Crippen LogP) is 3.44. The monoisotopic (exact) mass is 229 g/mol. The molecule has 0 saturated heterocycles. The van der Waals surface area contributed by atoms with Crippen LogP contribution in [0.25, 0.3) is 0 Å². The molecule has 17 heavy (non-hydrogen) atoms. The van der Waals surface area contributed by atoms with Crippen molar-refractivity contribution in [1.29, 1.82) is 5.26 Å². The van der Waals surface area contributed by atoms with Crippen molar-refractivity contribution in [2.45, 2.75) is 18.8 Å². The lowest BCUT2D eigenvalue weighted by molar-refractivity contribution is 0.462. The van der Waals surface area contributed by atoms with E-state index in [9.17, 15) is 9.65 Å². The third kappa shape index (κ3) is 2.36. The lowest BCUT2D eigenvalue weighted by Gasteiger charge is -2.20. The van der Waals surface area contributed by atoms with Gasteiger partial charge in [-0.25, -0.2) is 4.39 Å². The molecule has 1 heterocycles. The molecule has 0 aliphatic heterocycles. The molecule has 2 rings (SSSR count). The lowest BCUT2D eigenvalue weighted by Crippen LogP contribution is -2.22. The van der Waals surface area contributed by atoms with Crippen LogP contribution in [0.1, 0.15) is 18.2 Å². The average Bonchev–Trinajstić information content (AvgIpc) is 2.82. The summed E-state index contributed by atoms with van der Waals surface area (Å²) in [6, 6.07) is 11.9. The topological polar surface area (TPSA) is 36.9 Å². The number of rotatable bonds is 3. The Bertz CT molecular complexity index is 524. The van der Waals surface area contributed by atoms with Crippen molar-refractivity contribution in [2.75, 3.05) is 0 Å². The van der Waals surface area contributed by atoms with E-state index in [-0.39, 0.29) is 5.82 Å². The summed E-state index contributed by atoms with van der Waals surface area (Å²) in [5.41, 5.74) is 0.0868. The summed E-state index contributed by atoms with van der Waals surface area (Å²) < 4.78 is 18.1. The summed E-state index contributed by atoms with van der Waals surface area (Å²) in [7, 11) is 0. The average molecular weight is 229 g/mol. The molecule has 1 aromatic carbocycles. The fourth-order valence-corrected chi connectivity index (χ4v) is 1.79. The van der Waals surface area contributed by atoms with Crippen LogP contribution in [0.15, 0.2) is 47.1 Å². The summed E-state index contributed by atoms with van der Waals surface area (Å²) >= 11 is 0. The van der Waals surface area contributed by atoms with E-state index in [0.717, 1.165) is 11.3 Å². The Kier molecular flexibility index (Phi) is 2.97. The SMILES string of the molecule is CC(C#N)(Cc1ccco1)c1ccc(F)cc1. The van der Waals surface area contributed by atoms with Gasteiger partial charge in [-0.3, -0.25) is 0 Å². The summed E-state index contributed by atoms with van der Waals surface area (Å²) in [4.78, 5) is 0. The molecule has 3 heteroatoms. The molecule has 1 atom stereocenters. The van der Waals surface area contributed by atoms with Crippen LogP contribution < -0.4 is 0 Å². The molecular formula is C14H12FNO. The van der Waals surface area contributed by atoms with Gasteiger partial charge in [0.25, 0.3) is 0 Å². The van der Waals surface area contributed by atoms with E-state index in [0.29, 0.717) is 6.42 Å². The standard InChI is InChI=1S/C14H12FNO/c1-14(10-16,9-13-3-2-8-17-13)11-4-6-12(15)7-5-11/h2-8H,9H2,1H3. The van der Waals surface area contributed by atoms with Crippen molar-refractivity contribution in [3.63, 3.8) is 0 Å². The minimum absolute atomic E-state index is 0.299. The molecule has 0 aliphatic carbocycles. The van der Waals surface area contributed by atoms with Gasteiger partial charge in [0, 0.05) is 6.42 Å². The van der Waals surface area contributed by atoms with Crippen LogP contribution in [0.3, 0.4) is 0 Å². The van der Waals surface area contributed by atoms with Gasteiger partial charge < -0.3 is 4.42 Å². The zero-order chi connectivity index (χ0) is 12.3. The first kappa shape index (κ1) is 11.4. The fourth-order valence-electron chi connectivity index (χ4n) is 1.79. The second-order valence-electron chi connectivity index (χ2n) is 4.21. The molecule has 2 aromatic rings. The van der Waals surface area contributed by atoms with E-state index < -0.39 is 5.41 Å². The maximum Gasteiger partial charge on any atom is 0.123 e. The van der Waals surface area contributed by atoms with Crippen LogP contribution in [0.4, 0.5) is 4.39 Å². The molecule has 0 N–H and O–H groups in total. The highest BCUT2D eigenvalue weighted by Gasteiger charge is 2.28. The van der Waals surface area contributed by atoms with Crippen LogP contribution in [0, 0.1) is 17.1 Å². The van der Waals surface area contributed by atoms with Crippen molar-refractivity contribution in [3.05, 3.63) is 59.8 Å². The molecule has 0 fully saturated rings. The number of nitrogens with zero attached hydrogens (tertiary/aromatic N) is 1. The second-order valence-corrected chi connectivity index (χ2v) is 4.21. The minimum atomic E-state index is -0.703. The maximum atomic E-state index is 12.9. The van der Waals surface area contributed by atoms with Gasteiger partial charge >= 0.3 is 0 Å². The van der Waals surface area contributed by atoms with Crippen molar-refractivity contribution in [1.82, 2.24) is 0 Å². The van der Waals surface area contributed by atoms with Crippen LogP contribution in [-0.2, 0) is 11.8 Å². The molecule has 0 saturated carbocycles. The molecule has 0 spiro atoms. The van der Waals surface area contributed by atoms with Crippen molar-refractivity contribution in [2.24, 2.45) is 0 Å². The Morgan fingerprint density at radius 3 is 2.53 bits per heavy atom. The Hall–Kier alpha value is -2.08. The largest absolute Gasteiger partial charge is 0.469 e. The Morgan fingerprint density at radius 2 is 2.00 bits per heavy atom. The second kappa shape index (κ2) is 4.42. The molecule has 1 aromatic heterocycles. The van der Waals surface area contributed by atoms with Crippen LogP contribution in [0.5, 0.6) is 0 Å².